The van der Waals surface area contributed by atoms with Gasteiger partial charge >= 0.3 is 5.97 Å². The highest BCUT2D eigenvalue weighted by molar-refractivity contribution is 5.69. The van der Waals surface area contributed by atoms with E-state index < -0.39 is 0 Å². The van der Waals surface area contributed by atoms with Crippen LogP contribution in [0, 0.1) is 0 Å². The van der Waals surface area contributed by atoms with Gasteiger partial charge in [0.15, 0.2) is 0 Å². The first-order valence-corrected chi connectivity index (χ1v) is 9.88. The molecule has 1 atom stereocenters. The quantitative estimate of drug-likeness (QED) is 0.539. The lowest BCUT2D eigenvalue weighted by Crippen LogP contribution is -2.19. The third kappa shape index (κ3) is 5.68. The number of hydrogen-bond donors (Lipinski definition) is 2. The molecule has 2 aromatic carbocycles. The zero-order valence-electron chi connectivity index (χ0n) is 16.6. The van der Waals surface area contributed by atoms with E-state index in [1.165, 1.54) is 0 Å². The molecule has 0 aliphatic heterocycles. The molecule has 0 unspecified atom stereocenters. The summed E-state index contributed by atoms with van der Waals surface area (Å²) in [6.07, 6.45) is 3.63. The smallest absolute Gasteiger partial charge is 0.305 e. The normalized spacial score (nSPS) is 11.9. The molecule has 0 spiro atoms. The maximum absolute atomic E-state index is 11.7. The highest BCUT2D eigenvalue weighted by Gasteiger charge is 2.17. The van der Waals surface area contributed by atoms with Crippen molar-refractivity contribution in [3.05, 3.63) is 72.2 Å². The van der Waals surface area contributed by atoms with Crippen LogP contribution in [0.1, 0.15) is 37.2 Å². The van der Waals surface area contributed by atoms with Crippen LogP contribution >= 0.6 is 0 Å². The SMILES string of the molecule is CCOC(=O)CCCn1cc(-c2ccc(O)cc2)nc1[C@@H](N)Cc1ccccc1. The number of hydrogen-bond acceptors (Lipinski definition) is 5. The number of aryl methyl sites for hydroxylation is 1. The Hall–Kier alpha value is -3.12. The molecule has 0 aliphatic carbocycles. The number of esters is 1. The Morgan fingerprint density at radius 2 is 1.90 bits per heavy atom. The number of ether oxygens (including phenoxy) is 1. The molecule has 1 aromatic heterocycles. The van der Waals surface area contributed by atoms with Crippen LogP contribution in [0.25, 0.3) is 11.3 Å². The van der Waals surface area contributed by atoms with Crippen LogP contribution in [0.2, 0.25) is 0 Å². The van der Waals surface area contributed by atoms with Crippen molar-refractivity contribution in [3.63, 3.8) is 0 Å². The molecular weight excluding hydrogens is 366 g/mol. The molecule has 0 bridgehead atoms. The van der Waals surface area contributed by atoms with Gasteiger partial charge in [-0.25, -0.2) is 4.98 Å². The van der Waals surface area contributed by atoms with E-state index in [0.717, 1.165) is 22.6 Å². The average Bonchev–Trinajstić information content (AvgIpc) is 3.14. The summed E-state index contributed by atoms with van der Waals surface area (Å²) in [5.74, 6) is 0.797. The fourth-order valence-electron chi connectivity index (χ4n) is 3.26. The van der Waals surface area contributed by atoms with E-state index in [0.29, 0.717) is 32.4 Å². The molecule has 6 heteroatoms. The molecule has 1 heterocycles. The number of nitrogens with zero attached hydrogens (tertiary/aromatic N) is 2. The number of phenols is 1. The van der Waals surface area contributed by atoms with Crippen molar-refractivity contribution in [2.75, 3.05) is 6.61 Å². The van der Waals surface area contributed by atoms with Gasteiger partial charge in [0, 0.05) is 24.7 Å². The standard InChI is InChI=1S/C23H27N3O3/c1-2-29-22(28)9-6-14-26-16-21(18-10-12-19(27)13-11-18)25-23(26)20(24)15-17-7-4-3-5-8-17/h3-5,7-8,10-13,16,20,27H,2,6,9,14-15,24H2,1H3/t20-/m0/s1. The van der Waals surface area contributed by atoms with Gasteiger partial charge in [-0.1, -0.05) is 30.3 Å². The van der Waals surface area contributed by atoms with Gasteiger partial charge in [-0.15, -0.1) is 0 Å². The molecule has 6 nitrogen and oxygen atoms in total. The number of carbonyl (C=O) groups is 1. The van der Waals surface area contributed by atoms with Gasteiger partial charge in [0.2, 0.25) is 0 Å². The van der Waals surface area contributed by atoms with Crippen molar-refractivity contribution in [2.45, 2.75) is 38.8 Å². The third-order valence-electron chi connectivity index (χ3n) is 4.69. The van der Waals surface area contributed by atoms with Crippen LogP contribution in [0.3, 0.4) is 0 Å². The second kappa shape index (κ2) is 9.89. The molecule has 3 N–H and O–H groups in total. The van der Waals surface area contributed by atoms with Gasteiger partial charge in [0.25, 0.3) is 0 Å². The Morgan fingerprint density at radius 3 is 2.59 bits per heavy atom. The zero-order valence-corrected chi connectivity index (χ0v) is 16.6. The van der Waals surface area contributed by atoms with E-state index in [-0.39, 0.29) is 17.8 Å². The fourth-order valence-corrected chi connectivity index (χ4v) is 3.26. The van der Waals surface area contributed by atoms with Crippen LogP contribution in [-0.2, 0) is 22.5 Å². The van der Waals surface area contributed by atoms with E-state index in [2.05, 4.69) is 12.1 Å². The van der Waals surface area contributed by atoms with Gasteiger partial charge in [0.1, 0.15) is 11.6 Å². The molecule has 0 fully saturated rings. The molecule has 0 radical (unpaired) electrons. The van der Waals surface area contributed by atoms with E-state index in [1.807, 2.05) is 41.1 Å². The van der Waals surface area contributed by atoms with Gasteiger partial charge in [-0.05, 0) is 49.6 Å². The molecule has 29 heavy (non-hydrogen) atoms. The van der Waals surface area contributed by atoms with Gasteiger partial charge in [-0.2, -0.15) is 0 Å². The second-order valence-electron chi connectivity index (χ2n) is 6.93. The summed E-state index contributed by atoms with van der Waals surface area (Å²) in [5.41, 5.74) is 9.35. The number of carbonyl (C=O) groups excluding carboxylic acids is 1. The van der Waals surface area contributed by atoms with Crippen LogP contribution in [0.4, 0.5) is 0 Å². The number of aromatic nitrogens is 2. The third-order valence-corrected chi connectivity index (χ3v) is 4.69. The van der Waals surface area contributed by atoms with Gasteiger partial charge in [-0.3, -0.25) is 4.79 Å². The number of phenolic OH excluding ortho intramolecular Hbond substituents is 1. The van der Waals surface area contributed by atoms with Crippen LogP contribution < -0.4 is 5.73 Å². The fraction of sp³-hybridized carbons (Fsp3) is 0.304. The van der Waals surface area contributed by atoms with Crippen LogP contribution in [0.15, 0.2) is 60.8 Å². The maximum atomic E-state index is 11.7. The highest BCUT2D eigenvalue weighted by Crippen LogP contribution is 2.25. The highest BCUT2D eigenvalue weighted by atomic mass is 16.5. The summed E-state index contributed by atoms with van der Waals surface area (Å²) in [6.45, 7) is 2.82. The Bertz CT molecular complexity index is 920. The molecular formula is C23H27N3O3. The first-order valence-electron chi connectivity index (χ1n) is 9.88. The van der Waals surface area contributed by atoms with Crippen molar-refractivity contribution in [1.82, 2.24) is 9.55 Å². The molecule has 3 aromatic rings. The summed E-state index contributed by atoms with van der Waals surface area (Å²) >= 11 is 0. The summed E-state index contributed by atoms with van der Waals surface area (Å²) < 4.78 is 7.03. The van der Waals surface area contributed by atoms with Crippen molar-refractivity contribution in [3.8, 4) is 17.0 Å². The zero-order chi connectivity index (χ0) is 20.6. The molecule has 3 rings (SSSR count). The van der Waals surface area contributed by atoms with Gasteiger partial charge < -0.3 is 20.1 Å². The number of nitrogens with two attached hydrogens (primary N) is 1. The predicted molar refractivity (Wildman–Crippen MR) is 112 cm³/mol. The van der Waals surface area contributed by atoms with E-state index in [4.69, 9.17) is 15.5 Å². The summed E-state index contributed by atoms with van der Waals surface area (Å²) in [6, 6.07) is 16.7. The summed E-state index contributed by atoms with van der Waals surface area (Å²) in [7, 11) is 0. The minimum atomic E-state index is -0.272. The first-order chi connectivity index (χ1) is 14.1. The topological polar surface area (TPSA) is 90.4 Å². The lowest BCUT2D eigenvalue weighted by atomic mass is 10.1. The molecule has 0 saturated carbocycles. The van der Waals surface area contributed by atoms with Crippen molar-refractivity contribution < 1.29 is 14.6 Å². The van der Waals surface area contributed by atoms with Crippen molar-refractivity contribution >= 4 is 5.97 Å². The molecule has 0 aliphatic rings. The van der Waals surface area contributed by atoms with Crippen LogP contribution in [0.5, 0.6) is 5.75 Å². The summed E-state index contributed by atoms with van der Waals surface area (Å²) in [5, 5.41) is 9.54. The van der Waals surface area contributed by atoms with Crippen LogP contribution in [-0.4, -0.2) is 27.2 Å². The number of aromatic hydroxyl groups is 1. The molecule has 0 amide bonds. The van der Waals surface area contributed by atoms with E-state index in [1.54, 1.807) is 19.1 Å². The minimum absolute atomic E-state index is 0.193. The predicted octanol–water partition coefficient (Wildman–Crippen LogP) is 3.84. The van der Waals surface area contributed by atoms with Crippen molar-refractivity contribution in [1.29, 1.82) is 0 Å². The van der Waals surface area contributed by atoms with Crippen molar-refractivity contribution in [2.24, 2.45) is 5.73 Å². The first kappa shape index (κ1) is 20.6. The molecule has 0 saturated heterocycles. The Kier molecular flexibility index (Phi) is 7.03. The van der Waals surface area contributed by atoms with E-state index in [9.17, 15) is 9.90 Å². The van der Waals surface area contributed by atoms with Gasteiger partial charge in [0.05, 0.1) is 18.3 Å². The average molecular weight is 393 g/mol. The lowest BCUT2D eigenvalue weighted by molar-refractivity contribution is -0.143. The monoisotopic (exact) mass is 393 g/mol. The summed E-state index contributed by atoms with van der Waals surface area (Å²) in [4.78, 5) is 16.4. The lowest BCUT2D eigenvalue weighted by Gasteiger charge is -2.14. The number of rotatable bonds is 9. The Labute approximate surface area is 171 Å². The number of benzene rings is 2. The second-order valence-corrected chi connectivity index (χ2v) is 6.93. The molecule has 152 valence electrons. The Morgan fingerprint density at radius 1 is 1.17 bits per heavy atom. The number of imidazole rings is 1. The maximum Gasteiger partial charge on any atom is 0.305 e. The largest absolute Gasteiger partial charge is 0.508 e. The Balaban J connectivity index is 1.81. The van der Waals surface area contributed by atoms with E-state index >= 15 is 0 Å². The minimum Gasteiger partial charge on any atom is -0.508 e.